The highest BCUT2D eigenvalue weighted by molar-refractivity contribution is 5.94. The summed E-state index contributed by atoms with van der Waals surface area (Å²) >= 11 is 0. The van der Waals surface area contributed by atoms with Gasteiger partial charge in [-0.15, -0.1) is 0 Å². The summed E-state index contributed by atoms with van der Waals surface area (Å²) in [6, 6.07) is 15.3. The highest BCUT2D eigenvalue weighted by Gasteiger charge is 2.31. The number of pyridine rings is 1. The Balaban J connectivity index is 1.56. The lowest BCUT2D eigenvalue weighted by Crippen LogP contribution is -2.32. The van der Waals surface area contributed by atoms with E-state index in [4.69, 9.17) is 13.9 Å². The van der Waals surface area contributed by atoms with Crippen LogP contribution in [-0.4, -0.2) is 23.1 Å². The van der Waals surface area contributed by atoms with Crippen LogP contribution in [0.15, 0.2) is 63.9 Å². The van der Waals surface area contributed by atoms with Crippen LogP contribution in [0.2, 0.25) is 0 Å². The number of hydrogen-bond donors (Lipinski definition) is 1. The first-order chi connectivity index (χ1) is 17.7. The number of nitrogens with one attached hydrogen (secondary N) is 1. The molecule has 0 radical (unpaired) electrons. The summed E-state index contributed by atoms with van der Waals surface area (Å²) in [5.74, 6) is 1.20. The topological polar surface area (TPSA) is 90.7 Å². The third-order valence-electron chi connectivity index (χ3n) is 6.79. The van der Waals surface area contributed by atoms with Crippen LogP contribution in [0.4, 0.5) is 5.82 Å². The van der Waals surface area contributed by atoms with E-state index >= 15 is 0 Å². The summed E-state index contributed by atoms with van der Waals surface area (Å²) in [4.78, 5) is 30.1. The summed E-state index contributed by atoms with van der Waals surface area (Å²) < 4.78 is 18.3. The molecule has 0 bridgehead atoms. The van der Waals surface area contributed by atoms with Crippen LogP contribution in [0, 0.1) is 13.8 Å². The van der Waals surface area contributed by atoms with Crippen LogP contribution in [-0.2, 0) is 17.6 Å². The zero-order chi connectivity index (χ0) is 26.2. The van der Waals surface area contributed by atoms with Crippen LogP contribution < -0.4 is 20.4 Å². The number of rotatable bonds is 6. The molecule has 1 N–H and O–H groups in total. The lowest BCUT2D eigenvalue weighted by atomic mass is 9.91. The van der Waals surface area contributed by atoms with Crippen molar-refractivity contribution in [2.24, 2.45) is 0 Å². The Morgan fingerprint density at radius 3 is 2.68 bits per heavy atom. The molecule has 1 amide bonds. The van der Waals surface area contributed by atoms with Crippen molar-refractivity contribution in [1.82, 2.24) is 4.98 Å². The first-order valence-corrected chi connectivity index (χ1v) is 12.4. The van der Waals surface area contributed by atoms with Gasteiger partial charge in [0.25, 0.3) is 5.91 Å². The number of aromatic nitrogens is 1. The van der Waals surface area contributed by atoms with E-state index in [1.807, 2.05) is 76.2 Å². The lowest BCUT2D eigenvalue weighted by molar-refractivity contribution is -0.118. The van der Waals surface area contributed by atoms with E-state index in [0.717, 1.165) is 28.7 Å². The van der Waals surface area contributed by atoms with Crippen LogP contribution in [0.1, 0.15) is 48.1 Å². The molecule has 5 rings (SSSR count). The second-order valence-electron chi connectivity index (χ2n) is 10.1. The highest BCUT2D eigenvalue weighted by Crippen LogP contribution is 2.43. The van der Waals surface area contributed by atoms with Gasteiger partial charge >= 0.3 is 5.63 Å². The lowest BCUT2D eigenvalue weighted by Gasteiger charge is -2.33. The fourth-order valence-electron chi connectivity index (χ4n) is 4.73. The number of aryl methyl sites for hydroxylation is 3. The monoisotopic (exact) mass is 498 g/mol. The molecular formula is C30H30N2O5. The van der Waals surface area contributed by atoms with Crippen LogP contribution in [0.25, 0.3) is 11.0 Å². The number of ether oxygens (including phenoxy) is 2. The Morgan fingerprint density at radius 2 is 1.92 bits per heavy atom. The average molecular weight is 499 g/mol. The maximum atomic E-state index is 13.2. The predicted molar refractivity (Wildman–Crippen MR) is 143 cm³/mol. The Bertz CT molecular complexity index is 1540. The van der Waals surface area contributed by atoms with Gasteiger partial charge in [0.2, 0.25) is 0 Å². The molecule has 0 aliphatic carbocycles. The number of carbonyl (C=O) groups is 1. The standard InChI is InChI=1S/C30H30N2O5/c1-18-9-8-14-31-28(18)32-25(33)17-35-24-16-23-21(12-13-30(3,4)37-23)27-26(24)19(2)22(29(34)36-27)15-20-10-6-5-7-11-20/h5-11,14,16H,12-13,15,17H2,1-4H3,(H,31,32,33). The van der Waals surface area contributed by atoms with E-state index in [-0.39, 0.29) is 23.7 Å². The van der Waals surface area contributed by atoms with Gasteiger partial charge in [0.05, 0.1) is 5.39 Å². The van der Waals surface area contributed by atoms with Gasteiger partial charge in [-0.1, -0.05) is 36.4 Å². The van der Waals surface area contributed by atoms with Crippen molar-refractivity contribution in [2.45, 2.75) is 52.6 Å². The van der Waals surface area contributed by atoms with Gasteiger partial charge < -0.3 is 19.2 Å². The molecule has 0 saturated heterocycles. The largest absolute Gasteiger partial charge is 0.487 e. The molecule has 1 aliphatic heterocycles. The predicted octanol–water partition coefficient (Wildman–Crippen LogP) is 5.52. The van der Waals surface area contributed by atoms with Crippen LogP contribution in [0.3, 0.4) is 0 Å². The molecule has 37 heavy (non-hydrogen) atoms. The van der Waals surface area contributed by atoms with Crippen molar-refractivity contribution in [3.05, 3.63) is 93.0 Å². The summed E-state index contributed by atoms with van der Waals surface area (Å²) in [6.07, 6.45) is 3.55. The molecule has 0 atom stereocenters. The smallest absolute Gasteiger partial charge is 0.340 e. The molecule has 1 aliphatic rings. The van der Waals surface area contributed by atoms with Crippen molar-refractivity contribution in [1.29, 1.82) is 0 Å². The first-order valence-electron chi connectivity index (χ1n) is 12.4. The fourth-order valence-corrected chi connectivity index (χ4v) is 4.73. The molecule has 2 aromatic heterocycles. The third kappa shape index (κ3) is 5.07. The minimum atomic E-state index is -0.374. The van der Waals surface area contributed by atoms with Crippen molar-refractivity contribution in [3.63, 3.8) is 0 Å². The number of fused-ring (bicyclic) bond motifs is 3. The minimum absolute atomic E-state index is 0.236. The van der Waals surface area contributed by atoms with Crippen LogP contribution in [0.5, 0.6) is 11.5 Å². The maximum absolute atomic E-state index is 13.2. The number of carbonyl (C=O) groups excluding carboxylic acids is 1. The van der Waals surface area contributed by atoms with Gasteiger partial charge in [-0.2, -0.15) is 0 Å². The van der Waals surface area contributed by atoms with E-state index in [0.29, 0.717) is 46.7 Å². The maximum Gasteiger partial charge on any atom is 0.340 e. The van der Waals surface area contributed by atoms with Gasteiger partial charge in [-0.25, -0.2) is 9.78 Å². The number of nitrogens with zero attached hydrogens (tertiary/aromatic N) is 1. The number of benzene rings is 2. The second-order valence-corrected chi connectivity index (χ2v) is 10.1. The molecule has 3 heterocycles. The molecule has 4 aromatic rings. The number of anilines is 1. The Hall–Kier alpha value is -4.13. The van der Waals surface area contributed by atoms with E-state index in [1.54, 1.807) is 6.20 Å². The minimum Gasteiger partial charge on any atom is -0.487 e. The zero-order valence-electron chi connectivity index (χ0n) is 21.5. The molecule has 7 nitrogen and oxygen atoms in total. The fraction of sp³-hybridized carbons (Fsp3) is 0.300. The molecule has 0 saturated carbocycles. The SMILES string of the molecule is Cc1cccnc1NC(=O)COc1cc2c(c3oc(=O)c(Cc4ccccc4)c(C)c13)CCC(C)(C)O2. The van der Waals surface area contributed by atoms with E-state index in [9.17, 15) is 9.59 Å². The molecule has 0 unspecified atom stereocenters. The Kier molecular flexibility index (Phi) is 6.46. The van der Waals surface area contributed by atoms with E-state index in [2.05, 4.69) is 10.3 Å². The number of amides is 1. The van der Waals surface area contributed by atoms with Gasteiger partial charge in [0.15, 0.2) is 6.61 Å². The van der Waals surface area contributed by atoms with Gasteiger partial charge in [0, 0.05) is 29.8 Å². The summed E-state index contributed by atoms with van der Waals surface area (Å²) in [6.45, 7) is 7.59. The number of hydrogen-bond acceptors (Lipinski definition) is 6. The molecule has 2 aromatic carbocycles. The normalized spacial score (nSPS) is 14.1. The van der Waals surface area contributed by atoms with Crippen molar-refractivity contribution >= 4 is 22.7 Å². The summed E-state index contributed by atoms with van der Waals surface area (Å²) in [5, 5.41) is 3.48. The highest BCUT2D eigenvalue weighted by atomic mass is 16.5. The zero-order valence-corrected chi connectivity index (χ0v) is 21.5. The molecule has 0 spiro atoms. The average Bonchev–Trinajstić information content (AvgIpc) is 2.86. The van der Waals surface area contributed by atoms with Crippen LogP contribution >= 0.6 is 0 Å². The van der Waals surface area contributed by atoms with E-state index in [1.165, 1.54) is 0 Å². The Labute approximate surface area is 215 Å². The summed E-state index contributed by atoms with van der Waals surface area (Å²) in [5.41, 5.74) is 3.77. The second kappa shape index (κ2) is 9.73. The molecule has 7 heteroatoms. The molecule has 190 valence electrons. The van der Waals surface area contributed by atoms with Crippen molar-refractivity contribution in [3.8, 4) is 11.5 Å². The quantitative estimate of drug-likeness (QED) is 0.352. The third-order valence-corrected chi connectivity index (χ3v) is 6.79. The summed E-state index contributed by atoms with van der Waals surface area (Å²) in [7, 11) is 0. The van der Waals surface area contributed by atoms with Crippen molar-refractivity contribution < 1.29 is 18.7 Å². The van der Waals surface area contributed by atoms with Gasteiger partial charge in [-0.05, 0) is 63.3 Å². The Morgan fingerprint density at radius 1 is 1.14 bits per heavy atom. The van der Waals surface area contributed by atoms with Gasteiger partial charge in [-0.3, -0.25) is 4.79 Å². The molecular weight excluding hydrogens is 468 g/mol. The van der Waals surface area contributed by atoms with Crippen molar-refractivity contribution in [2.75, 3.05) is 11.9 Å². The first kappa shape index (κ1) is 24.6. The molecule has 0 fully saturated rings. The van der Waals surface area contributed by atoms with E-state index < -0.39 is 0 Å². The van der Waals surface area contributed by atoms with Gasteiger partial charge in [0.1, 0.15) is 28.5 Å².